The zero-order valence-electron chi connectivity index (χ0n) is 12.5. The Bertz CT molecular complexity index is 352. The fourth-order valence-corrected chi connectivity index (χ4v) is 1.88. The molecule has 1 heterocycles. The number of methoxy groups -OCH3 is 1. The highest BCUT2D eigenvalue weighted by Gasteiger charge is 2.25. The van der Waals surface area contributed by atoms with E-state index >= 15 is 0 Å². The van der Waals surface area contributed by atoms with Crippen molar-refractivity contribution in [3.05, 3.63) is 23.7 Å². The van der Waals surface area contributed by atoms with Gasteiger partial charge in [0.15, 0.2) is 0 Å². The fraction of sp³-hybridized carbons (Fsp3) is 0.733. The van der Waals surface area contributed by atoms with Gasteiger partial charge >= 0.3 is 0 Å². The average molecular weight is 253 g/mol. The zero-order valence-corrected chi connectivity index (χ0v) is 12.5. The Morgan fingerprint density at radius 1 is 1.33 bits per heavy atom. The first-order valence-corrected chi connectivity index (χ1v) is 6.63. The number of furan rings is 1. The van der Waals surface area contributed by atoms with Crippen LogP contribution < -0.4 is 5.32 Å². The van der Waals surface area contributed by atoms with E-state index in [1.165, 1.54) is 0 Å². The van der Waals surface area contributed by atoms with Crippen LogP contribution in [-0.2, 0) is 11.3 Å². The Balaban J connectivity index is 2.70. The van der Waals surface area contributed by atoms with Crippen LogP contribution in [0.25, 0.3) is 0 Å². The van der Waals surface area contributed by atoms with Gasteiger partial charge in [-0.1, -0.05) is 27.7 Å². The standard InChI is InChI=1S/C15H27NO2/c1-11(15(2,3)4)9-13(16-5)14-8-7-12(18-14)10-17-6/h7-8,11,13,16H,9-10H2,1-6H3. The van der Waals surface area contributed by atoms with E-state index in [2.05, 4.69) is 33.0 Å². The lowest BCUT2D eigenvalue weighted by Crippen LogP contribution is -2.25. The number of hydrogen-bond donors (Lipinski definition) is 1. The van der Waals surface area contributed by atoms with Gasteiger partial charge in [-0.2, -0.15) is 0 Å². The smallest absolute Gasteiger partial charge is 0.129 e. The zero-order chi connectivity index (χ0) is 13.8. The number of nitrogens with one attached hydrogen (secondary N) is 1. The summed E-state index contributed by atoms with van der Waals surface area (Å²) in [6.07, 6.45) is 1.07. The van der Waals surface area contributed by atoms with Crippen molar-refractivity contribution in [2.45, 2.75) is 46.8 Å². The van der Waals surface area contributed by atoms with E-state index in [-0.39, 0.29) is 6.04 Å². The molecule has 0 amide bonds. The molecule has 0 spiro atoms. The quantitative estimate of drug-likeness (QED) is 0.838. The van der Waals surface area contributed by atoms with E-state index in [0.717, 1.165) is 17.9 Å². The van der Waals surface area contributed by atoms with Crippen LogP contribution in [0.15, 0.2) is 16.5 Å². The predicted octanol–water partition coefficient (Wildman–Crippen LogP) is 3.76. The van der Waals surface area contributed by atoms with Crippen LogP contribution in [0.5, 0.6) is 0 Å². The molecular weight excluding hydrogens is 226 g/mol. The van der Waals surface area contributed by atoms with Gasteiger partial charge in [-0.3, -0.25) is 0 Å². The molecule has 1 aromatic heterocycles. The molecular formula is C15H27NO2. The maximum absolute atomic E-state index is 5.80. The van der Waals surface area contributed by atoms with Gasteiger partial charge in [0, 0.05) is 7.11 Å². The van der Waals surface area contributed by atoms with E-state index < -0.39 is 0 Å². The topological polar surface area (TPSA) is 34.4 Å². The van der Waals surface area contributed by atoms with Crippen LogP contribution in [-0.4, -0.2) is 14.2 Å². The largest absolute Gasteiger partial charge is 0.462 e. The van der Waals surface area contributed by atoms with Crippen molar-refractivity contribution in [1.29, 1.82) is 0 Å². The molecule has 2 unspecified atom stereocenters. The summed E-state index contributed by atoms with van der Waals surface area (Å²) < 4.78 is 10.9. The van der Waals surface area contributed by atoms with Crippen LogP contribution in [0, 0.1) is 11.3 Å². The molecule has 0 fully saturated rings. The molecule has 3 heteroatoms. The number of ether oxygens (including phenoxy) is 1. The van der Waals surface area contributed by atoms with Crippen molar-refractivity contribution >= 4 is 0 Å². The van der Waals surface area contributed by atoms with Gasteiger partial charge in [0.25, 0.3) is 0 Å². The van der Waals surface area contributed by atoms with Gasteiger partial charge in [0.05, 0.1) is 6.04 Å². The first-order chi connectivity index (χ1) is 8.38. The van der Waals surface area contributed by atoms with E-state index in [9.17, 15) is 0 Å². The van der Waals surface area contributed by atoms with Gasteiger partial charge in [0.1, 0.15) is 18.1 Å². The van der Waals surface area contributed by atoms with E-state index in [4.69, 9.17) is 9.15 Å². The molecule has 0 aliphatic heterocycles. The maximum atomic E-state index is 5.80. The van der Waals surface area contributed by atoms with Crippen molar-refractivity contribution in [3.8, 4) is 0 Å². The summed E-state index contributed by atoms with van der Waals surface area (Å²) >= 11 is 0. The summed E-state index contributed by atoms with van der Waals surface area (Å²) in [7, 11) is 3.66. The summed E-state index contributed by atoms with van der Waals surface area (Å²) in [4.78, 5) is 0. The Morgan fingerprint density at radius 2 is 2.00 bits per heavy atom. The average Bonchev–Trinajstić information content (AvgIpc) is 2.73. The molecule has 2 atom stereocenters. The summed E-state index contributed by atoms with van der Waals surface area (Å²) in [5.74, 6) is 2.50. The minimum atomic E-state index is 0.268. The van der Waals surface area contributed by atoms with Crippen LogP contribution in [0.1, 0.15) is 51.7 Å². The molecule has 104 valence electrons. The normalized spacial score (nSPS) is 15.7. The van der Waals surface area contributed by atoms with E-state index in [1.807, 2.05) is 19.2 Å². The molecule has 0 bridgehead atoms. The van der Waals surface area contributed by atoms with Gasteiger partial charge in [-0.25, -0.2) is 0 Å². The first kappa shape index (κ1) is 15.3. The molecule has 0 aliphatic rings. The second-order valence-electron chi connectivity index (χ2n) is 6.08. The van der Waals surface area contributed by atoms with Crippen LogP contribution in [0.3, 0.4) is 0 Å². The molecule has 0 radical (unpaired) electrons. The van der Waals surface area contributed by atoms with Crippen LogP contribution >= 0.6 is 0 Å². The minimum absolute atomic E-state index is 0.268. The molecule has 1 aromatic rings. The minimum Gasteiger partial charge on any atom is -0.462 e. The van der Waals surface area contributed by atoms with Gasteiger partial charge in [-0.05, 0) is 36.9 Å². The third-order valence-corrected chi connectivity index (χ3v) is 3.73. The lowest BCUT2D eigenvalue weighted by Gasteiger charge is -2.30. The molecule has 0 aliphatic carbocycles. The fourth-order valence-electron chi connectivity index (χ4n) is 1.88. The third kappa shape index (κ3) is 4.14. The highest BCUT2D eigenvalue weighted by Crippen LogP contribution is 2.33. The molecule has 1 rings (SSSR count). The highest BCUT2D eigenvalue weighted by molar-refractivity contribution is 5.10. The lowest BCUT2D eigenvalue weighted by atomic mass is 9.78. The van der Waals surface area contributed by atoms with Gasteiger partial charge in [-0.15, -0.1) is 0 Å². The third-order valence-electron chi connectivity index (χ3n) is 3.73. The van der Waals surface area contributed by atoms with E-state index in [1.54, 1.807) is 7.11 Å². The highest BCUT2D eigenvalue weighted by atomic mass is 16.5. The summed E-state index contributed by atoms with van der Waals surface area (Å²) in [6, 6.07) is 4.31. The van der Waals surface area contributed by atoms with Gasteiger partial charge < -0.3 is 14.5 Å². The Hall–Kier alpha value is -0.800. The van der Waals surface area contributed by atoms with Crippen molar-refractivity contribution in [2.75, 3.05) is 14.2 Å². The maximum Gasteiger partial charge on any atom is 0.129 e. The Kier molecular flexibility index (Phi) is 5.42. The molecule has 0 saturated carbocycles. The van der Waals surface area contributed by atoms with Crippen molar-refractivity contribution in [2.24, 2.45) is 11.3 Å². The van der Waals surface area contributed by atoms with Crippen molar-refractivity contribution in [1.82, 2.24) is 5.32 Å². The second-order valence-corrected chi connectivity index (χ2v) is 6.08. The first-order valence-electron chi connectivity index (χ1n) is 6.63. The monoisotopic (exact) mass is 253 g/mol. The summed E-state index contributed by atoms with van der Waals surface area (Å²) in [5, 5.41) is 3.34. The number of hydrogen-bond acceptors (Lipinski definition) is 3. The van der Waals surface area contributed by atoms with Crippen LogP contribution in [0.2, 0.25) is 0 Å². The molecule has 0 aromatic carbocycles. The predicted molar refractivity (Wildman–Crippen MR) is 74.5 cm³/mol. The summed E-state index contributed by atoms with van der Waals surface area (Å²) in [6.45, 7) is 9.67. The van der Waals surface area contributed by atoms with Crippen LogP contribution in [0.4, 0.5) is 0 Å². The molecule has 18 heavy (non-hydrogen) atoms. The molecule has 3 nitrogen and oxygen atoms in total. The molecule has 1 N–H and O–H groups in total. The molecule has 0 saturated heterocycles. The Labute approximate surface area is 111 Å². The lowest BCUT2D eigenvalue weighted by molar-refractivity contribution is 0.159. The second kappa shape index (κ2) is 6.39. The van der Waals surface area contributed by atoms with E-state index in [0.29, 0.717) is 17.9 Å². The number of rotatable bonds is 6. The van der Waals surface area contributed by atoms with Gasteiger partial charge in [0.2, 0.25) is 0 Å². The summed E-state index contributed by atoms with van der Waals surface area (Å²) in [5.41, 5.74) is 0.317. The Morgan fingerprint density at radius 3 is 2.50 bits per heavy atom. The van der Waals surface area contributed by atoms with Crippen molar-refractivity contribution in [3.63, 3.8) is 0 Å². The van der Waals surface area contributed by atoms with Crippen molar-refractivity contribution < 1.29 is 9.15 Å². The SMILES string of the molecule is CNC(CC(C)C(C)(C)C)c1ccc(COC)o1.